The molecule has 0 spiro atoms. The molecule has 0 bridgehead atoms. The van der Waals surface area contributed by atoms with Crippen molar-refractivity contribution in [2.24, 2.45) is 10.9 Å². The first-order valence-corrected chi connectivity index (χ1v) is 6.25. The Balaban J connectivity index is 2.80. The summed E-state index contributed by atoms with van der Waals surface area (Å²) in [5.74, 6) is -1.42. The first-order chi connectivity index (χ1) is 8.95. The van der Waals surface area contributed by atoms with Gasteiger partial charge >= 0.3 is 5.97 Å². The number of amides is 1. The van der Waals surface area contributed by atoms with Gasteiger partial charge in [0.05, 0.1) is 6.61 Å². The van der Waals surface area contributed by atoms with Gasteiger partial charge in [0.15, 0.2) is 10.8 Å². The van der Waals surface area contributed by atoms with Gasteiger partial charge in [-0.1, -0.05) is 5.16 Å². The standard InChI is InChI=1S/C10H14N4O4S/c1-3-17-9(16)5(2)18-14-7(8(11)15)6-4-19-10(12)13-6/h4-5H,3H2,1-2H3,(H2,11,15)(H2,12,13)/b14-7-. The fourth-order valence-corrected chi connectivity index (χ4v) is 1.60. The minimum absolute atomic E-state index is 0.200. The summed E-state index contributed by atoms with van der Waals surface area (Å²) < 4.78 is 4.72. The molecule has 1 amide bonds. The smallest absolute Gasteiger partial charge is 0.349 e. The summed E-state index contributed by atoms with van der Waals surface area (Å²) in [5.41, 5.74) is 10.6. The predicted molar refractivity (Wildman–Crippen MR) is 69.4 cm³/mol. The van der Waals surface area contributed by atoms with Crippen molar-refractivity contribution in [2.45, 2.75) is 20.0 Å². The molecule has 0 saturated carbocycles. The molecule has 0 radical (unpaired) electrons. The first kappa shape index (κ1) is 14.9. The number of rotatable bonds is 6. The molecule has 9 heteroatoms. The number of primary amides is 1. The fraction of sp³-hybridized carbons (Fsp3) is 0.400. The zero-order valence-corrected chi connectivity index (χ0v) is 11.3. The Labute approximate surface area is 113 Å². The van der Waals surface area contributed by atoms with Crippen molar-refractivity contribution in [1.82, 2.24) is 4.98 Å². The number of ether oxygens (including phenoxy) is 1. The third kappa shape index (κ3) is 4.21. The Morgan fingerprint density at radius 2 is 2.26 bits per heavy atom. The van der Waals surface area contributed by atoms with Gasteiger partial charge < -0.3 is 21.0 Å². The van der Waals surface area contributed by atoms with E-state index in [9.17, 15) is 9.59 Å². The molecular weight excluding hydrogens is 272 g/mol. The summed E-state index contributed by atoms with van der Waals surface area (Å²) in [5, 5.41) is 5.32. The minimum Gasteiger partial charge on any atom is -0.463 e. The molecule has 19 heavy (non-hydrogen) atoms. The van der Waals surface area contributed by atoms with Crippen LogP contribution in [0, 0.1) is 0 Å². The van der Waals surface area contributed by atoms with E-state index in [0.717, 1.165) is 11.3 Å². The SMILES string of the molecule is CCOC(=O)C(C)O/N=C(\C(N)=O)c1csc(N)n1. The average molecular weight is 286 g/mol. The quantitative estimate of drug-likeness (QED) is 0.426. The van der Waals surface area contributed by atoms with Crippen LogP contribution in [0.3, 0.4) is 0 Å². The number of nitrogens with zero attached hydrogens (tertiary/aromatic N) is 2. The highest BCUT2D eigenvalue weighted by molar-refractivity contribution is 7.13. The topological polar surface area (TPSA) is 130 Å². The normalized spacial score (nSPS) is 12.8. The summed E-state index contributed by atoms with van der Waals surface area (Å²) in [7, 11) is 0. The fourth-order valence-electron chi connectivity index (χ4n) is 1.05. The lowest BCUT2D eigenvalue weighted by molar-refractivity contribution is -0.155. The average Bonchev–Trinajstić information content (AvgIpc) is 2.75. The van der Waals surface area contributed by atoms with Crippen LogP contribution in [-0.4, -0.2) is 35.3 Å². The van der Waals surface area contributed by atoms with Gasteiger partial charge in [0.2, 0.25) is 6.10 Å². The molecule has 0 saturated heterocycles. The number of aromatic nitrogens is 1. The summed E-state index contributed by atoms with van der Waals surface area (Å²) in [6.07, 6.45) is -0.953. The van der Waals surface area contributed by atoms with Gasteiger partial charge in [0.25, 0.3) is 5.91 Å². The van der Waals surface area contributed by atoms with Crippen LogP contribution in [0.25, 0.3) is 0 Å². The monoisotopic (exact) mass is 286 g/mol. The molecule has 1 rings (SSSR count). The van der Waals surface area contributed by atoms with Crippen LogP contribution in [0.15, 0.2) is 10.5 Å². The van der Waals surface area contributed by atoms with Crippen molar-refractivity contribution in [1.29, 1.82) is 0 Å². The maximum absolute atomic E-state index is 11.3. The minimum atomic E-state index is -0.953. The Morgan fingerprint density at radius 1 is 1.58 bits per heavy atom. The highest BCUT2D eigenvalue weighted by Crippen LogP contribution is 2.12. The van der Waals surface area contributed by atoms with Gasteiger partial charge in [-0.25, -0.2) is 9.78 Å². The second-order valence-corrected chi connectivity index (χ2v) is 4.26. The lowest BCUT2D eigenvalue weighted by Gasteiger charge is -2.08. The van der Waals surface area contributed by atoms with Gasteiger partial charge in [0.1, 0.15) is 5.69 Å². The Morgan fingerprint density at radius 3 is 2.74 bits per heavy atom. The Hall–Kier alpha value is -2.16. The third-order valence-electron chi connectivity index (χ3n) is 1.92. The number of nitrogens with two attached hydrogens (primary N) is 2. The summed E-state index contributed by atoms with van der Waals surface area (Å²) in [6.45, 7) is 3.33. The molecule has 1 aromatic heterocycles. The van der Waals surface area contributed by atoms with Crippen LogP contribution in [0.4, 0.5) is 5.13 Å². The Bertz CT molecular complexity index is 499. The molecule has 0 aliphatic carbocycles. The van der Waals surface area contributed by atoms with Crippen molar-refractivity contribution in [3.63, 3.8) is 0 Å². The molecule has 8 nitrogen and oxygen atoms in total. The van der Waals surface area contributed by atoms with E-state index in [1.807, 2.05) is 0 Å². The second-order valence-electron chi connectivity index (χ2n) is 3.37. The number of anilines is 1. The van der Waals surface area contributed by atoms with Crippen LogP contribution >= 0.6 is 11.3 Å². The van der Waals surface area contributed by atoms with Crippen molar-refractivity contribution in [3.05, 3.63) is 11.1 Å². The first-order valence-electron chi connectivity index (χ1n) is 5.37. The molecule has 0 fully saturated rings. The molecule has 1 heterocycles. The van der Waals surface area contributed by atoms with Crippen molar-refractivity contribution in [3.8, 4) is 0 Å². The number of nitrogen functional groups attached to an aromatic ring is 1. The van der Waals surface area contributed by atoms with E-state index in [4.69, 9.17) is 21.0 Å². The molecular formula is C10H14N4O4S. The zero-order valence-electron chi connectivity index (χ0n) is 10.5. The molecule has 0 aliphatic rings. The van der Waals surface area contributed by atoms with Crippen molar-refractivity contribution < 1.29 is 19.2 Å². The van der Waals surface area contributed by atoms with Gasteiger partial charge in [-0.15, -0.1) is 11.3 Å². The Kier molecular flexibility index (Phi) is 5.24. The number of carbonyl (C=O) groups is 2. The molecule has 1 unspecified atom stereocenters. The van der Waals surface area contributed by atoms with Gasteiger partial charge in [0, 0.05) is 5.38 Å². The molecule has 4 N–H and O–H groups in total. The summed E-state index contributed by atoms with van der Waals surface area (Å²) in [4.78, 5) is 31.3. The number of thiazole rings is 1. The van der Waals surface area contributed by atoms with Crippen LogP contribution < -0.4 is 11.5 Å². The van der Waals surface area contributed by atoms with Crippen LogP contribution in [0.2, 0.25) is 0 Å². The molecule has 1 aromatic rings. The highest BCUT2D eigenvalue weighted by atomic mass is 32.1. The van der Waals surface area contributed by atoms with E-state index < -0.39 is 18.0 Å². The maximum atomic E-state index is 11.3. The third-order valence-corrected chi connectivity index (χ3v) is 2.59. The predicted octanol–water partition coefficient (Wildman–Crippen LogP) is -0.117. The number of esters is 1. The zero-order chi connectivity index (χ0) is 14.4. The molecule has 104 valence electrons. The van der Waals surface area contributed by atoms with Crippen molar-refractivity contribution in [2.75, 3.05) is 12.3 Å². The van der Waals surface area contributed by atoms with E-state index in [1.54, 1.807) is 6.92 Å². The van der Waals surface area contributed by atoms with Crippen LogP contribution in [0.5, 0.6) is 0 Å². The number of oxime groups is 1. The molecule has 0 aromatic carbocycles. The largest absolute Gasteiger partial charge is 0.463 e. The van der Waals surface area contributed by atoms with Crippen LogP contribution in [-0.2, 0) is 19.2 Å². The number of carbonyl (C=O) groups excluding carboxylic acids is 2. The van der Waals surface area contributed by atoms with Crippen LogP contribution in [0.1, 0.15) is 19.5 Å². The van der Waals surface area contributed by atoms with E-state index in [2.05, 4.69) is 10.1 Å². The van der Waals surface area contributed by atoms with E-state index in [0.29, 0.717) is 0 Å². The summed E-state index contributed by atoms with van der Waals surface area (Å²) in [6, 6.07) is 0. The lowest BCUT2D eigenvalue weighted by Crippen LogP contribution is -2.27. The highest BCUT2D eigenvalue weighted by Gasteiger charge is 2.19. The number of hydrogen-bond donors (Lipinski definition) is 2. The second kappa shape index (κ2) is 6.69. The van der Waals surface area contributed by atoms with Gasteiger partial charge in [-0.2, -0.15) is 0 Å². The maximum Gasteiger partial charge on any atom is 0.349 e. The van der Waals surface area contributed by atoms with E-state index in [-0.39, 0.29) is 23.1 Å². The molecule has 0 aliphatic heterocycles. The van der Waals surface area contributed by atoms with E-state index in [1.165, 1.54) is 12.3 Å². The number of hydrogen-bond acceptors (Lipinski definition) is 8. The van der Waals surface area contributed by atoms with Gasteiger partial charge in [-0.05, 0) is 13.8 Å². The molecule has 1 atom stereocenters. The van der Waals surface area contributed by atoms with E-state index >= 15 is 0 Å². The summed E-state index contributed by atoms with van der Waals surface area (Å²) >= 11 is 1.13. The van der Waals surface area contributed by atoms with Gasteiger partial charge in [-0.3, -0.25) is 4.79 Å². The lowest BCUT2D eigenvalue weighted by atomic mass is 10.3. The van der Waals surface area contributed by atoms with Crippen molar-refractivity contribution >= 4 is 34.1 Å².